The Morgan fingerprint density at radius 3 is 2.39 bits per heavy atom. The molecule has 0 amide bonds. The number of nitrogens with zero attached hydrogens (tertiary/aromatic N) is 1. The van der Waals surface area contributed by atoms with Crippen LogP contribution in [0, 0.1) is 11.3 Å². The first-order chi connectivity index (χ1) is 8.45. The SMILES string of the molecule is CC(C)(C)C1CN(CCOc2ccc(N)cc2)C1. The first-order valence-corrected chi connectivity index (χ1v) is 6.66. The minimum Gasteiger partial charge on any atom is -0.492 e. The van der Waals surface area contributed by atoms with Crippen molar-refractivity contribution >= 4 is 5.69 Å². The molecule has 0 saturated carbocycles. The van der Waals surface area contributed by atoms with Gasteiger partial charge in [-0.15, -0.1) is 0 Å². The van der Waals surface area contributed by atoms with Crippen molar-refractivity contribution in [3.05, 3.63) is 24.3 Å². The molecule has 0 spiro atoms. The van der Waals surface area contributed by atoms with E-state index in [1.807, 2.05) is 24.3 Å². The summed E-state index contributed by atoms with van der Waals surface area (Å²) in [6.45, 7) is 11.1. The lowest BCUT2D eigenvalue weighted by molar-refractivity contribution is 0.0166. The number of anilines is 1. The van der Waals surface area contributed by atoms with Crippen LogP contribution in [-0.4, -0.2) is 31.1 Å². The summed E-state index contributed by atoms with van der Waals surface area (Å²) in [7, 11) is 0. The Kier molecular flexibility index (Phi) is 3.81. The fourth-order valence-corrected chi connectivity index (χ4v) is 2.16. The monoisotopic (exact) mass is 248 g/mol. The highest BCUT2D eigenvalue weighted by atomic mass is 16.5. The van der Waals surface area contributed by atoms with Gasteiger partial charge < -0.3 is 10.5 Å². The van der Waals surface area contributed by atoms with Gasteiger partial charge >= 0.3 is 0 Å². The Balaban J connectivity index is 1.64. The van der Waals surface area contributed by atoms with E-state index in [1.165, 1.54) is 13.1 Å². The Labute approximate surface area is 110 Å². The lowest BCUT2D eigenvalue weighted by Gasteiger charge is -2.46. The van der Waals surface area contributed by atoms with Gasteiger partial charge in [-0.25, -0.2) is 0 Å². The molecule has 0 unspecified atom stereocenters. The van der Waals surface area contributed by atoms with Crippen LogP contribution in [0.15, 0.2) is 24.3 Å². The summed E-state index contributed by atoms with van der Waals surface area (Å²) in [6, 6.07) is 7.58. The minimum atomic E-state index is 0.439. The molecule has 100 valence electrons. The molecule has 1 aromatic rings. The lowest BCUT2D eigenvalue weighted by atomic mass is 9.76. The number of likely N-dealkylation sites (tertiary alicyclic amines) is 1. The molecule has 1 fully saturated rings. The summed E-state index contributed by atoms with van der Waals surface area (Å²) in [4.78, 5) is 2.45. The van der Waals surface area contributed by atoms with Crippen molar-refractivity contribution in [1.82, 2.24) is 4.90 Å². The Bertz CT molecular complexity index is 374. The van der Waals surface area contributed by atoms with Gasteiger partial charge in [-0.3, -0.25) is 4.90 Å². The Hall–Kier alpha value is -1.22. The summed E-state index contributed by atoms with van der Waals surface area (Å²) in [5.41, 5.74) is 6.84. The van der Waals surface area contributed by atoms with Crippen LogP contribution >= 0.6 is 0 Å². The standard InChI is InChI=1S/C15H24N2O/c1-15(2,3)12-10-17(11-12)8-9-18-14-6-4-13(16)5-7-14/h4-7,12H,8-11,16H2,1-3H3. The molecule has 1 saturated heterocycles. The van der Waals surface area contributed by atoms with Crippen LogP contribution in [0.2, 0.25) is 0 Å². The highest BCUT2D eigenvalue weighted by Crippen LogP contribution is 2.33. The maximum absolute atomic E-state index is 5.69. The van der Waals surface area contributed by atoms with Crippen molar-refractivity contribution in [1.29, 1.82) is 0 Å². The molecule has 2 rings (SSSR count). The van der Waals surface area contributed by atoms with E-state index in [1.54, 1.807) is 0 Å². The second-order valence-electron chi connectivity index (χ2n) is 6.24. The number of rotatable bonds is 4. The highest BCUT2D eigenvalue weighted by molar-refractivity contribution is 5.41. The molecule has 0 atom stereocenters. The van der Waals surface area contributed by atoms with E-state index < -0.39 is 0 Å². The maximum atomic E-state index is 5.69. The van der Waals surface area contributed by atoms with E-state index in [-0.39, 0.29) is 0 Å². The molecule has 0 aromatic heterocycles. The molecule has 1 aliphatic rings. The van der Waals surface area contributed by atoms with Gasteiger partial charge in [0.15, 0.2) is 0 Å². The molecule has 1 aliphatic heterocycles. The van der Waals surface area contributed by atoms with Crippen LogP contribution < -0.4 is 10.5 Å². The molecule has 3 heteroatoms. The Morgan fingerprint density at radius 1 is 1.22 bits per heavy atom. The molecule has 1 aromatic carbocycles. The molecule has 0 bridgehead atoms. The van der Waals surface area contributed by atoms with Gasteiger partial charge in [0, 0.05) is 25.3 Å². The van der Waals surface area contributed by atoms with Gasteiger partial charge in [-0.1, -0.05) is 20.8 Å². The van der Waals surface area contributed by atoms with Gasteiger partial charge in [0.2, 0.25) is 0 Å². The largest absolute Gasteiger partial charge is 0.492 e. The Morgan fingerprint density at radius 2 is 1.83 bits per heavy atom. The van der Waals surface area contributed by atoms with Crippen LogP contribution in [-0.2, 0) is 0 Å². The summed E-state index contributed by atoms with van der Waals surface area (Å²) in [6.07, 6.45) is 0. The molecular weight excluding hydrogens is 224 g/mol. The maximum Gasteiger partial charge on any atom is 0.119 e. The third-order valence-corrected chi connectivity index (χ3v) is 3.74. The zero-order chi connectivity index (χ0) is 13.2. The van der Waals surface area contributed by atoms with E-state index in [0.717, 1.165) is 30.5 Å². The number of nitrogens with two attached hydrogens (primary N) is 1. The molecule has 18 heavy (non-hydrogen) atoms. The number of nitrogen functional groups attached to an aromatic ring is 1. The van der Waals surface area contributed by atoms with Crippen LogP contribution in [0.25, 0.3) is 0 Å². The third-order valence-electron chi connectivity index (χ3n) is 3.74. The number of hydrogen-bond acceptors (Lipinski definition) is 3. The number of hydrogen-bond donors (Lipinski definition) is 1. The van der Waals surface area contributed by atoms with E-state index in [9.17, 15) is 0 Å². The fourth-order valence-electron chi connectivity index (χ4n) is 2.16. The normalized spacial score (nSPS) is 17.5. The van der Waals surface area contributed by atoms with E-state index in [2.05, 4.69) is 25.7 Å². The molecule has 3 nitrogen and oxygen atoms in total. The van der Waals surface area contributed by atoms with Gasteiger partial charge in [0.05, 0.1) is 0 Å². The van der Waals surface area contributed by atoms with Crippen molar-refractivity contribution in [2.24, 2.45) is 11.3 Å². The third kappa shape index (κ3) is 3.39. The van der Waals surface area contributed by atoms with Crippen molar-refractivity contribution in [2.75, 3.05) is 32.0 Å². The predicted octanol–water partition coefficient (Wildman–Crippen LogP) is 2.63. The molecule has 2 N–H and O–H groups in total. The molecule has 0 radical (unpaired) electrons. The smallest absolute Gasteiger partial charge is 0.119 e. The summed E-state index contributed by atoms with van der Waals surface area (Å²) < 4.78 is 5.69. The van der Waals surface area contributed by atoms with E-state index >= 15 is 0 Å². The minimum absolute atomic E-state index is 0.439. The first kappa shape index (κ1) is 13.2. The quantitative estimate of drug-likeness (QED) is 0.832. The average molecular weight is 248 g/mol. The topological polar surface area (TPSA) is 38.5 Å². The summed E-state index contributed by atoms with van der Waals surface area (Å²) in [5, 5.41) is 0. The number of ether oxygens (including phenoxy) is 1. The van der Waals surface area contributed by atoms with Gasteiger partial charge in [0.1, 0.15) is 12.4 Å². The molecular formula is C15H24N2O. The molecule has 0 aliphatic carbocycles. The fraction of sp³-hybridized carbons (Fsp3) is 0.600. The van der Waals surface area contributed by atoms with Gasteiger partial charge in [-0.05, 0) is 35.6 Å². The van der Waals surface area contributed by atoms with Gasteiger partial charge in [-0.2, -0.15) is 0 Å². The first-order valence-electron chi connectivity index (χ1n) is 6.66. The zero-order valence-corrected chi connectivity index (χ0v) is 11.6. The van der Waals surface area contributed by atoms with E-state index in [4.69, 9.17) is 10.5 Å². The van der Waals surface area contributed by atoms with Crippen molar-refractivity contribution in [2.45, 2.75) is 20.8 Å². The predicted molar refractivity (Wildman–Crippen MR) is 75.7 cm³/mol. The summed E-state index contributed by atoms with van der Waals surface area (Å²) >= 11 is 0. The van der Waals surface area contributed by atoms with Crippen LogP contribution in [0.5, 0.6) is 5.75 Å². The van der Waals surface area contributed by atoms with Crippen LogP contribution in [0.3, 0.4) is 0 Å². The second kappa shape index (κ2) is 5.19. The van der Waals surface area contributed by atoms with Gasteiger partial charge in [0.25, 0.3) is 0 Å². The lowest BCUT2D eigenvalue weighted by Crippen LogP contribution is -2.53. The summed E-state index contributed by atoms with van der Waals surface area (Å²) in [5.74, 6) is 1.73. The van der Waals surface area contributed by atoms with Crippen LogP contribution in [0.1, 0.15) is 20.8 Å². The van der Waals surface area contributed by atoms with Crippen LogP contribution in [0.4, 0.5) is 5.69 Å². The highest BCUT2D eigenvalue weighted by Gasteiger charge is 2.35. The average Bonchev–Trinajstić information content (AvgIpc) is 2.22. The molecule has 1 heterocycles. The van der Waals surface area contributed by atoms with Crippen molar-refractivity contribution in [3.63, 3.8) is 0 Å². The van der Waals surface area contributed by atoms with Crippen molar-refractivity contribution < 1.29 is 4.74 Å². The second-order valence-corrected chi connectivity index (χ2v) is 6.24. The van der Waals surface area contributed by atoms with Crippen molar-refractivity contribution in [3.8, 4) is 5.75 Å². The zero-order valence-electron chi connectivity index (χ0n) is 11.6. The number of benzene rings is 1. The van der Waals surface area contributed by atoms with E-state index in [0.29, 0.717) is 5.41 Å².